The zero-order valence-corrected chi connectivity index (χ0v) is 11.2. The number of hydrogen-bond acceptors (Lipinski definition) is 2. The van der Waals surface area contributed by atoms with E-state index in [0.717, 1.165) is 16.6 Å². The standard InChI is InChI=1S/C14H8BrF2NO/c15-10-4-5-14(9(6-10)7-18)19-8-11-12(16)2-1-3-13(11)17/h1-6H,8H2. The largest absolute Gasteiger partial charge is 0.487 e. The smallest absolute Gasteiger partial charge is 0.137 e. The van der Waals surface area contributed by atoms with Crippen molar-refractivity contribution >= 4 is 15.9 Å². The third kappa shape index (κ3) is 3.09. The van der Waals surface area contributed by atoms with Crippen molar-refractivity contribution in [1.82, 2.24) is 0 Å². The van der Waals surface area contributed by atoms with Crippen molar-refractivity contribution in [1.29, 1.82) is 5.26 Å². The summed E-state index contributed by atoms with van der Waals surface area (Å²) in [5.74, 6) is -1.06. The second kappa shape index (κ2) is 5.81. The van der Waals surface area contributed by atoms with Crippen molar-refractivity contribution in [2.24, 2.45) is 0 Å². The Morgan fingerprint density at radius 2 is 1.84 bits per heavy atom. The lowest BCUT2D eigenvalue weighted by molar-refractivity contribution is 0.291. The van der Waals surface area contributed by atoms with Crippen LogP contribution in [-0.4, -0.2) is 0 Å². The molecule has 0 saturated carbocycles. The molecule has 0 unspecified atom stereocenters. The molecule has 5 heteroatoms. The van der Waals surface area contributed by atoms with Gasteiger partial charge in [-0.25, -0.2) is 8.78 Å². The number of benzene rings is 2. The van der Waals surface area contributed by atoms with Gasteiger partial charge in [-0.2, -0.15) is 5.26 Å². The molecule has 0 bridgehead atoms. The van der Waals surface area contributed by atoms with Gasteiger partial charge in [-0.05, 0) is 30.3 Å². The minimum atomic E-state index is -0.671. The number of rotatable bonds is 3. The maximum absolute atomic E-state index is 13.4. The number of nitrogens with zero attached hydrogens (tertiary/aromatic N) is 1. The van der Waals surface area contributed by atoms with Gasteiger partial charge in [0.25, 0.3) is 0 Å². The average molecular weight is 324 g/mol. The van der Waals surface area contributed by atoms with E-state index >= 15 is 0 Å². The molecule has 0 amide bonds. The molecule has 0 heterocycles. The summed E-state index contributed by atoms with van der Waals surface area (Å²) in [4.78, 5) is 0. The summed E-state index contributed by atoms with van der Waals surface area (Å²) in [6.45, 7) is -0.269. The van der Waals surface area contributed by atoms with E-state index in [0.29, 0.717) is 5.56 Å². The predicted octanol–water partition coefficient (Wildman–Crippen LogP) is 4.18. The summed E-state index contributed by atoms with van der Waals surface area (Å²) in [5, 5.41) is 8.95. The summed E-state index contributed by atoms with van der Waals surface area (Å²) < 4.78 is 32.9. The van der Waals surface area contributed by atoms with Crippen molar-refractivity contribution in [3.05, 3.63) is 63.6 Å². The highest BCUT2D eigenvalue weighted by molar-refractivity contribution is 9.10. The van der Waals surface area contributed by atoms with Crippen LogP contribution in [0.4, 0.5) is 8.78 Å². The highest BCUT2D eigenvalue weighted by atomic mass is 79.9. The predicted molar refractivity (Wildman–Crippen MR) is 69.5 cm³/mol. The Hall–Kier alpha value is -1.93. The van der Waals surface area contributed by atoms with Crippen LogP contribution >= 0.6 is 15.9 Å². The second-order valence-corrected chi connectivity index (χ2v) is 4.66. The fourth-order valence-corrected chi connectivity index (χ4v) is 1.90. The first-order chi connectivity index (χ1) is 9.11. The molecule has 2 nitrogen and oxygen atoms in total. The maximum Gasteiger partial charge on any atom is 0.137 e. The molecular formula is C14H8BrF2NO. The molecule has 96 valence electrons. The first-order valence-electron chi connectivity index (χ1n) is 5.37. The van der Waals surface area contributed by atoms with E-state index in [1.807, 2.05) is 6.07 Å². The van der Waals surface area contributed by atoms with E-state index in [1.165, 1.54) is 6.07 Å². The summed E-state index contributed by atoms with van der Waals surface area (Å²) in [6, 6.07) is 10.4. The number of halogens is 3. The Bertz CT molecular complexity index is 632. The van der Waals surface area contributed by atoms with Crippen LogP contribution in [0.3, 0.4) is 0 Å². The molecule has 0 aliphatic rings. The van der Waals surface area contributed by atoms with Crippen LogP contribution in [-0.2, 0) is 6.61 Å². The second-order valence-electron chi connectivity index (χ2n) is 3.74. The van der Waals surface area contributed by atoms with Gasteiger partial charge in [-0.15, -0.1) is 0 Å². The van der Waals surface area contributed by atoms with Crippen LogP contribution in [0.15, 0.2) is 40.9 Å². The van der Waals surface area contributed by atoms with Crippen molar-refractivity contribution < 1.29 is 13.5 Å². The minimum Gasteiger partial charge on any atom is -0.487 e. The first-order valence-corrected chi connectivity index (χ1v) is 6.16. The Balaban J connectivity index is 2.22. The molecule has 0 saturated heterocycles. The van der Waals surface area contributed by atoms with Gasteiger partial charge in [0, 0.05) is 4.47 Å². The Kier molecular flexibility index (Phi) is 4.13. The maximum atomic E-state index is 13.4. The number of nitriles is 1. The molecule has 0 N–H and O–H groups in total. The highest BCUT2D eigenvalue weighted by Gasteiger charge is 2.10. The number of hydrogen-bond donors (Lipinski definition) is 0. The first kappa shape index (κ1) is 13.5. The van der Waals surface area contributed by atoms with Gasteiger partial charge in [0.15, 0.2) is 0 Å². The number of ether oxygens (including phenoxy) is 1. The van der Waals surface area contributed by atoms with Gasteiger partial charge < -0.3 is 4.74 Å². The molecular weight excluding hydrogens is 316 g/mol. The summed E-state index contributed by atoms with van der Waals surface area (Å²) in [7, 11) is 0. The summed E-state index contributed by atoms with van der Waals surface area (Å²) in [6.07, 6.45) is 0. The molecule has 0 aliphatic heterocycles. The van der Waals surface area contributed by atoms with Crippen LogP contribution in [0, 0.1) is 23.0 Å². The SMILES string of the molecule is N#Cc1cc(Br)ccc1OCc1c(F)cccc1F. The lowest BCUT2D eigenvalue weighted by Gasteiger charge is -2.09. The van der Waals surface area contributed by atoms with Crippen LogP contribution in [0.5, 0.6) is 5.75 Å². The Labute approximate surface area is 117 Å². The topological polar surface area (TPSA) is 33.0 Å². The van der Waals surface area contributed by atoms with Gasteiger partial charge >= 0.3 is 0 Å². The van der Waals surface area contributed by atoms with Gasteiger partial charge in [0.2, 0.25) is 0 Å². The van der Waals surface area contributed by atoms with Crippen LogP contribution in [0.1, 0.15) is 11.1 Å². The van der Waals surface area contributed by atoms with Gasteiger partial charge in [-0.3, -0.25) is 0 Å². The molecule has 2 aromatic carbocycles. The van der Waals surface area contributed by atoms with E-state index in [-0.39, 0.29) is 17.9 Å². The Morgan fingerprint density at radius 1 is 1.16 bits per heavy atom. The fourth-order valence-electron chi connectivity index (χ4n) is 1.54. The summed E-state index contributed by atoms with van der Waals surface area (Å²) >= 11 is 3.23. The molecule has 19 heavy (non-hydrogen) atoms. The third-order valence-corrected chi connectivity index (χ3v) is 2.99. The van der Waals surface area contributed by atoms with E-state index < -0.39 is 11.6 Å². The molecule has 0 radical (unpaired) electrons. The zero-order valence-electron chi connectivity index (χ0n) is 9.66. The van der Waals surface area contributed by atoms with Crippen LogP contribution < -0.4 is 4.74 Å². The fraction of sp³-hybridized carbons (Fsp3) is 0.0714. The monoisotopic (exact) mass is 323 g/mol. The van der Waals surface area contributed by atoms with E-state index in [9.17, 15) is 8.78 Å². The molecule has 0 aromatic heterocycles. The van der Waals surface area contributed by atoms with E-state index in [1.54, 1.807) is 18.2 Å². The minimum absolute atomic E-state index is 0.158. The van der Waals surface area contributed by atoms with E-state index in [4.69, 9.17) is 10.00 Å². The van der Waals surface area contributed by atoms with Crippen molar-refractivity contribution in [2.45, 2.75) is 6.61 Å². The third-order valence-electron chi connectivity index (χ3n) is 2.50. The lowest BCUT2D eigenvalue weighted by atomic mass is 10.2. The van der Waals surface area contributed by atoms with Gasteiger partial charge in [0.05, 0.1) is 11.1 Å². The van der Waals surface area contributed by atoms with Gasteiger partial charge in [-0.1, -0.05) is 22.0 Å². The Morgan fingerprint density at radius 3 is 2.47 bits per heavy atom. The molecule has 0 fully saturated rings. The average Bonchev–Trinajstić information content (AvgIpc) is 2.39. The van der Waals surface area contributed by atoms with Crippen LogP contribution in [0.2, 0.25) is 0 Å². The highest BCUT2D eigenvalue weighted by Crippen LogP contribution is 2.24. The van der Waals surface area contributed by atoms with E-state index in [2.05, 4.69) is 15.9 Å². The molecule has 0 spiro atoms. The van der Waals surface area contributed by atoms with Crippen molar-refractivity contribution in [3.63, 3.8) is 0 Å². The quantitative estimate of drug-likeness (QED) is 0.849. The molecule has 2 rings (SSSR count). The van der Waals surface area contributed by atoms with Crippen LogP contribution in [0.25, 0.3) is 0 Å². The van der Waals surface area contributed by atoms with Crippen molar-refractivity contribution in [2.75, 3.05) is 0 Å². The molecule has 0 aliphatic carbocycles. The van der Waals surface area contributed by atoms with Crippen molar-refractivity contribution in [3.8, 4) is 11.8 Å². The summed E-state index contributed by atoms with van der Waals surface area (Å²) in [5.41, 5.74) is 0.139. The molecule has 2 aromatic rings. The lowest BCUT2D eigenvalue weighted by Crippen LogP contribution is -2.02. The molecule has 0 atom stereocenters. The van der Waals surface area contributed by atoms with Gasteiger partial charge in [0.1, 0.15) is 30.1 Å². The zero-order chi connectivity index (χ0) is 13.8. The normalized spacial score (nSPS) is 10.0.